The van der Waals surface area contributed by atoms with Gasteiger partial charge >= 0.3 is 281 Å². The molecular formula is C41H37BN2SeSi. The van der Waals surface area contributed by atoms with Crippen molar-refractivity contribution in [3.8, 4) is 5.69 Å². The van der Waals surface area contributed by atoms with Gasteiger partial charge in [-0.3, -0.25) is 0 Å². The van der Waals surface area contributed by atoms with Crippen LogP contribution in [-0.2, 0) is 12.8 Å². The maximum absolute atomic E-state index is 2.67. The minimum absolute atomic E-state index is 0.221. The third-order valence-electron chi connectivity index (χ3n) is 11.4. The number of para-hydroxylation sites is 3. The van der Waals surface area contributed by atoms with Crippen molar-refractivity contribution in [1.82, 2.24) is 4.57 Å². The molecule has 0 atom stereocenters. The van der Waals surface area contributed by atoms with Gasteiger partial charge in [0.25, 0.3) is 0 Å². The third-order valence-corrected chi connectivity index (χ3v) is 17.3. The van der Waals surface area contributed by atoms with Gasteiger partial charge in [-0.05, 0) is 0 Å². The van der Waals surface area contributed by atoms with E-state index in [0.29, 0.717) is 5.92 Å². The van der Waals surface area contributed by atoms with Crippen molar-refractivity contribution in [2.75, 3.05) is 4.90 Å². The van der Waals surface area contributed by atoms with E-state index < -0.39 is 8.07 Å². The average molecular weight is 676 g/mol. The van der Waals surface area contributed by atoms with Crippen LogP contribution in [0.25, 0.3) is 16.6 Å². The quantitative estimate of drug-likeness (QED) is 0.234. The van der Waals surface area contributed by atoms with Gasteiger partial charge in [0.1, 0.15) is 0 Å². The van der Waals surface area contributed by atoms with Crippen LogP contribution in [0.2, 0.25) is 13.1 Å². The molecule has 5 heteroatoms. The van der Waals surface area contributed by atoms with Gasteiger partial charge in [0.05, 0.1) is 0 Å². The number of nitrogens with zero attached hydrogens (tertiary/aromatic N) is 2. The summed E-state index contributed by atoms with van der Waals surface area (Å²) in [5.41, 5.74) is 16.2. The molecule has 0 saturated carbocycles. The summed E-state index contributed by atoms with van der Waals surface area (Å²) in [6.07, 6.45) is 4.96. The summed E-state index contributed by atoms with van der Waals surface area (Å²) in [7, 11) is -1.90. The first-order chi connectivity index (χ1) is 22.4. The molecule has 224 valence electrons. The van der Waals surface area contributed by atoms with Crippen LogP contribution in [0.4, 0.5) is 17.1 Å². The van der Waals surface area contributed by atoms with E-state index in [0.717, 1.165) is 0 Å². The molecular weight excluding hydrogens is 638 g/mol. The molecule has 0 saturated heterocycles. The molecule has 46 heavy (non-hydrogen) atoms. The molecule has 5 aromatic carbocycles. The molecule has 2 nitrogen and oxygen atoms in total. The SMILES string of the molecule is CC(C)c1cc2c3c(c1)N1c4ccccc4[Si](C)(C)c4cccc(c41)B3c1ccc(-n3c4c(c5ccccc53)CCCC4)cc1[Se]2. The first-order valence-electron chi connectivity index (χ1n) is 17.1. The molecule has 0 radical (unpaired) electrons. The van der Waals surface area contributed by atoms with Gasteiger partial charge in [-0.25, -0.2) is 0 Å². The van der Waals surface area contributed by atoms with E-state index >= 15 is 0 Å². The molecule has 4 heterocycles. The Bertz CT molecular complexity index is 2280. The number of aryl methyl sites for hydroxylation is 1. The fraction of sp³-hybridized carbons (Fsp3) is 0.220. The van der Waals surface area contributed by atoms with Crippen LogP contribution < -0.4 is 40.6 Å². The van der Waals surface area contributed by atoms with E-state index in [1.54, 1.807) is 30.3 Å². The summed E-state index contributed by atoms with van der Waals surface area (Å²) < 4.78 is 5.73. The van der Waals surface area contributed by atoms with Crippen molar-refractivity contribution in [3.05, 3.63) is 114 Å². The Balaban J connectivity index is 1.24. The predicted molar refractivity (Wildman–Crippen MR) is 202 cm³/mol. The number of anilines is 3. The van der Waals surface area contributed by atoms with Crippen molar-refractivity contribution in [3.63, 3.8) is 0 Å². The molecule has 10 rings (SSSR count). The van der Waals surface area contributed by atoms with E-state index in [1.165, 1.54) is 81.5 Å². The van der Waals surface area contributed by atoms with E-state index in [9.17, 15) is 0 Å². The standard InChI is InChI=1S/C41H37BN2SeSi/c1-25(2)26-22-35-40-37(23-26)45-36-24-27(43-32-15-7-5-12-28(32)29-13-6-8-16-33(29)43)20-21-30(36)42(40)31-14-11-19-39-41(31)44(35)34-17-9-10-18-38(34)46(39,3)4/h5,7,9-12,14-15,17-25H,6,8,13,16H2,1-4H3. The molecule has 1 aromatic heterocycles. The van der Waals surface area contributed by atoms with Crippen LogP contribution in [0, 0.1) is 0 Å². The van der Waals surface area contributed by atoms with Crippen LogP contribution in [-0.4, -0.2) is 34.3 Å². The van der Waals surface area contributed by atoms with Gasteiger partial charge < -0.3 is 0 Å². The minimum atomic E-state index is -1.90. The zero-order valence-corrected chi connectivity index (χ0v) is 29.7. The second-order valence-electron chi connectivity index (χ2n) is 14.6. The summed E-state index contributed by atoms with van der Waals surface area (Å²) in [4.78, 5) is 2.67. The molecule has 0 fully saturated rings. The number of aromatic nitrogens is 1. The maximum atomic E-state index is 2.67. The Hall–Kier alpha value is -3.76. The zero-order valence-electron chi connectivity index (χ0n) is 27.0. The summed E-state index contributed by atoms with van der Waals surface area (Å²) in [5, 5.41) is 4.58. The summed E-state index contributed by atoms with van der Waals surface area (Å²) >= 11 is 0.221. The third kappa shape index (κ3) is 3.54. The van der Waals surface area contributed by atoms with Crippen LogP contribution in [0.15, 0.2) is 97.1 Å². The summed E-state index contributed by atoms with van der Waals surface area (Å²) in [5.74, 6) is 0.476. The second-order valence-corrected chi connectivity index (χ2v) is 21.2. The van der Waals surface area contributed by atoms with Crippen LogP contribution in [0.1, 0.15) is 49.4 Å². The Kier molecular flexibility index (Phi) is 5.73. The number of hydrogen-bond acceptors (Lipinski definition) is 1. The van der Waals surface area contributed by atoms with Crippen molar-refractivity contribution >= 4 is 93.4 Å². The number of benzene rings is 5. The number of fused-ring (bicyclic) bond motifs is 9. The summed E-state index contributed by atoms with van der Waals surface area (Å²) in [6.45, 7) is 10.1. The Labute approximate surface area is 279 Å². The number of rotatable bonds is 2. The van der Waals surface area contributed by atoms with Gasteiger partial charge in [0.15, 0.2) is 0 Å². The first kappa shape index (κ1) is 27.4. The van der Waals surface area contributed by atoms with Crippen molar-refractivity contribution in [2.24, 2.45) is 0 Å². The monoisotopic (exact) mass is 676 g/mol. The van der Waals surface area contributed by atoms with E-state index in [4.69, 9.17) is 0 Å². The zero-order chi connectivity index (χ0) is 30.9. The average Bonchev–Trinajstić information content (AvgIpc) is 3.41. The van der Waals surface area contributed by atoms with Gasteiger partial charge in [-0.1, -0.05) is 0 Å². The summed E-state index contributed by atoms with van der Waals surface area (Å²) in [6, 6.07) is 38.3. The normalized spacial score (nSPS) is 16.5. The molecule has 0 unspecified atom stereocenters. The van der Waals surface area contributed by atoms with Crippen molar-refractivity contribution in [1.29, 1.82) is 0 Å². The first-order valence-corrected chi connectivity index (χ1v) is 21.8. The van der Waals surface area contributed by atoms with Crippen molar-refractivity contribution < 1.29 is 0 Å². The van der Waals surface area contributed by atoms with E-state index in [-0.39, 0.29) is 21.7 Å². The molecule has 1 aliphatic carbocycles. The van der Waals surface area contributed by atoms with Crippen LogP contribution in [0.3, 0.4) is 0 Å². The fourth-order valence-electron chi connectivity index (χ4n) is 9.16. The van der Waals surface area contributed by atoms with Gasteiger partial charge in [0, 0.05) is 0 Å². The van der Waals surface area contributed by atoms with Crippen molar-refractivity contribution in [2.45, 2.75) is 58.5 Å². The Morgan fingerprint density at radius 3 is 2.43 bits per heavy atom. The van der Waals surface area contributed by atoms with Gasteiger partial charge in [-0.15, -0.1) is 0 Å². The van der Waals surface area contributed by atoms with E-state index in [2.05, 4.69) is 133 Å². The fourth-order valence-corrected chi connectivity index (χ4v) is 14.8. The van der Waals surface area contributed by atoms with E-state index in [1.807, 2.05) is 0 Å². The molecule has 4 aliphatic rings. The second kappa shape index (κ2) is 9.64. The molecule has 0 N–H and O–H groups in total. The van der Waals surface area contributed by atoms with Gasteiger partial charge in [0.2, 0.25) is 0 Å². The molecule has 0 amide bonds. The Morgan fingerprint density at radius 1 is 0.739 bits per heavy atom. The van der Waals surface area contributed by atoms with Crippen LogP contribution in [0.5, 0.6) is 0 Å². The molecule has 0 spiro atoms. The van der Waals surface area contributed by atoms with Gasteiger partial charge in [-0.2, -0.15) is 0 Å². The molecule has 3 aliphatic heterocycles. The number of hydrogen-bond donors (Lipinski definition) is 0. The van der Waals surface area contributed by atoms with Crippen LogP contribution >= 0.6 is 0 Å². The molecule has 6 aromatic rings. The molecule has 0 bridgehead atoms. The predicted octanol–water partition coefficient (Wildman–Crippen LogP) is 5.04. The topological polar surface area (TPSA) is 8.17 Å². The Morgan fingerprint density at radius 2 is 1.54 bits per heavy atom.